The molecule has 0 spiro atoms. The molecule has 1 aliphatic carbocycles. The first-order valence-electron chi connectivity index (χ1n) is 4.57. The molecule has 1 fully saturated rings. The number of nitrogens with two attached hydrogens (primary N) is 1. The van der Waals surface area contributed by atoms with Gasteiger partial charge in [-0.3, -0.25) is 4.98 Å². The zero-order valence-corrected chi connectivity index (χ0v) is 7.48. The minimum absolute atomic E-state index is 0.0750. The van der Waals surface area contributed by atoms with Crippen LogP contribution in [-0.2, 0) is 0 Å². The van der Waals surface area contributed by atoms with E-state index in [0.717, 1.165) is 18.5 Å². The number of nitrogens with zero attached hydrogens (tertiary/aromatic N) is 1. The third-order valence-corrected chi connectivity index (χ3v) is 2.85. The number of hydrogen-bond acceptors (Lipinski definition) is 3. The maximum Gasteiger partial charge on any atom is 0.103 e. The maximum absolute atomic E-state index is 9.97. The maximum atomic E-state index is 9.97. The lowest BCUT2D eigenvalue weighted by Crippen LogP contribution is -2.23. The molecule has 0 amide bonds. The summed E-state index contributed by atoms with van der Waals surface area (Å²) in [6, 6.07) is 5.58. The van der Waals surface area contributed by atoms with Gasteiger partial charge in [0, 0.05) is 18.2 Å². The van der Waals surface area contributed by atoms with E-state index in [-0.39, 0.29) is 5.41 Å². The van der Waals surface area contributed by atoms with E-state index in [1.807, 2.05) is 18.2 Å². The van der Waals surface area contributed by atoms with E-state index in [2.05, 4.69) is 4.98 Å². The zero-order valence-electron chi connectivity index (χ0n) is 7.48. The molecule has 2 rings (SSSR count). The highest BCUT2D eigenvalue weighted by molar-refractivity contribution is 5.14. The molecule has 0 saturated heterocycles. The van der Waals surface area contributed by atoms with E-state index < -0.39 is 6.10 Å². The molecule has 1 aromatic heterocycles. The minimum Gasteiger partial charge on any atom is -0.386 e. The van der Waals surface area contributed by atoms with Crippen LogP contribution in [0, 0.1) is 5.41 Å². The van der Waals surface area contributed by atoms with Crippen LogP contribution in [0.3, 0.4) is 0 Å². The van der Waals surface area contributed by atoms with Crippen molar-refractivity contribution in [2.75, 3.05) is 6.54 Å². The molecule has 3 heteroatoms. The summed E-state index contributed by atoms with van der Waals surface area (Å²) >= 11 is 0. The van der Waals surface area contributed by atoms with E-state index in [0.29, 0.717) is 6.54 Å². The second-order valence-electron chi connectivity index (χ2n) is 3.72. The number of aliphatic hydroxyl groups is 1. The van der Waals surface area contributed by atoms with Crippen molar-refractivity contribution in [2.24, 2.45) is 11.1 Å². The van der Waals surface area contributed by atoms with Crippen LogP contribution in [0.5, 0.6) is 0 Å². The molecule has 0 bridgehead atoms. The molecule has 0 aliphatic heterocycles. The molecular formula is C10H14N2O. The van der Waals surface area contributed by atoms with Gasteiger partial charge in [-0.1, -0.05) is 6.07 Å². The van der Waals surface area contributed by atoms with Crippen LogP contribution in [0.4, 0.5) is 0 Å². The molecule has 1 saturated carbocycles. The zero-order chi connectivity index (χ0) is 9.31. The first-order valence-corrected chi connectivity index (χ1v) is 4.57. The first kappa shape index (κ1) is 8.66. The van der Waals surface area contributed by atoms with Gasteiger partial charge in [-0.05, 0) is 25.0 Å². The summed E-state index contributed by atoms with van der Waals surface area (Å²) in [5, 5.41) is 9.97. The molecule has 1 atom stereocenters. The Labute approximate surface area is 77.6 Å². The Morgan fingerprint density at radius 1 is 1.54 bits per heavy atom. The standard InChI is InChI=1S/C10H14N2O/c11-7-10(4-5-10)9(13)8-3-1-2-6-12-8/h1-3,6,9,13H,4-5,7,11H2. The van der Waals surface area contributed by atoms with Crippen molar-refractivity contribution in [3.05, 3.63) is 30.1 Å². The number of pyridine rings is 1. The number of hydrogen-bond donors (Lipinski definition) is 2. The molecule has 0 aromatic carbocycles. The van der Waals surface area contributed by atoms with Gasteiger partial charge in [-0.15, -0.1) is 0 Å². The fraction of sp³-hybridized carbons (Fsp3) is 0.500. The highest BCUT2D eigenvalue weighted by atomic mass is 16.3. The fourth-order valence-corrected chi connectivity index (χ4v) is 1.60. The SMILES string of the molecule is NCC1(C(O)c2ccccn2)CC1. The van der Waals surface area contributed by atoms with Gasteiger partial charge in [0.2, 0.25) is 0 Å². The molecule has 1 heterocycles. The summed E-state index contributed by atoms with van der Waals surface area (Å²) in [4.78, 5) is 4.13. The van der Waals surface area contributed by atoms with Crippen LogP contribution in [0.2, 0.25) is 0 Å². The highest BCUT2D eigenvalue weighted by Gasteiger charge is 2.48. The summed E-state index contributed by atoms with van der Waals surface area (Å²) in [6.07, 6.45) is 3.24. The molecule has 70 valence electrons. The van der Waals surface area contributed by atoms with Crippen molar-refractivity contribution >= 4 is 0 Å². The Balaban J connectivity index is 2.18. The molecule has 1 aliphatic rings. The number of rotatable bonds is 3. The lowest BCUT2D eigenvalue weighted by atomic mass is 9.96. The van der Waals surface area contributed by atoms with Gasteiger partial charge < -0.3 is 10.8 Å². The van der Waals surface area contributed by atoms with Gasteiger partial charge in [-0.2, -0.15) is 0 Å². The predicted octanol–water partition coefficient (Wildman–Crippen LogP) is 0.854. The van der Waals surface area contributed by atoms with Gasteiger partial charge in [0.05, 0.1) is 5.69 Å². The Bertz CT molecular complexity index is 282. The minimum atomic E-state index is -0.487. The average molecular weight is 178 g/mol. The number of aliphatic hydroxyl groups excluding tert-OH is 1. The molecule has 1 unspecified atom stereocenters. The van der Waals surface area contributed by atoms with E-state index >= 15 is 0 Å². The smallest absolute Gasteiger partial charge is 0.103 e. The topological polar surface area (TPSA) is 59.1 Å². The normalized spacial score (nSPS) is 21.1. The summed E-state index contributed by atoms with van der Waals surface area (Å²) in [5.74, 6) is 0. The van der Waals surface area contributed by atoms with Crippen LogP contribution in [0.1, 0.15) is 24.6 Å². The van der Waals surface area contributed by atoms with Crippen molar-refractivity contribution < 1.29 is 5.11 Å². The van der Waals surface area contributed by atoms with Gasteiger partial charge in [0.15, 0.2) is 0 Å². The van der Waals surface area contributed by atoms with Gasteiger partial charge >= 0.3 is 0 Å². The molecule has 1 aromatic rings. The summed E-state index contributed by atoms with van der Waals surface area (Å²) in [5.41, 5.74) is 6.29. The summed E-state index contributed by atoms with van der Waals surface area (Å²) in [6.45, 7) is 0.546. The van der Waals surface area contributed by atoms with E-state index in [4.69, 9.17) is 5.73 Å². The van der Waals surface area contributed by atoms with Crippen molar-refractivity contribution in [1.29, 1.82) is 0 Å². The van der Waals surface area contributed by atoms with E-state index in [1.54, 1.807) is 6.20 Å². The molecule has 3 N–H and O–H groups in total. The molecule has 0 radical (unpaired) electrons. The molecular weight excluding hydrogens is 164 g/mol. The van der Waals surface area contributed by atoms with Crippen molar-refractivity contribution in [3.8, 4) is 0 Å². The van der Waals surface area contributed by atoms with Crippen LogP contribution in [0.15, 0.2) is 24.4 Å². The highest BCUT2D eigenvalue weighted by Crippen LogP contribution is 2.53. The van der Waals surface area contributed by atoms with Crippen LogP contribution >= 0.6 is 0 Å². The lowest BCUT2D eigenvalue weighted by Gasteiger charge is -2.19. The predicted molar refractivity (Wildman–Crippen MR) is 49.9 cm³/mol. The van der Waals surface area contributed by atoms with Gasteiger partial charge in [-0.25, -0.2) is 0 Å². The van der Waals surface area contributed by atoms with Gasteiger partial charge in [0.25, 0.3) is 0 Å². The Morgan fingerprint density at radius 2 is 2.31 bits per heavy atom. The first-order chi connectivity index (χ1) is 6.28. The Morgan fingerprint density at radius 3 is 2.77 bits per heavy atom. The van der Waals surface area contributed by atoms with Crippen molar-refractivity contribution in [2.45, 2.75) is 18.9 Å². The van der Waals surface area contributed by atoms with Crippen molar-refractivity contribution in [3.63, 3.8) is 0 Å². The quantitative estimate of drug-likeness (QED) is 0.721. The lowest BCUT2D eigenvalue weighted by molar-refractivity contribution is 0.0934. The third-order valence-electron chi connectivity index (χ3n) is 2.85. The largest absolute Gasteiger partial charge is 0.386 e. The van der Waals surface area contributed by atoms with Crippen LogP contribution in [0.25, 0.3) is 0 Å². The monoisotopic (exact) mass is 178 g/mol. The molecule has 3 nitrogen and oxygen atoms in total. The van der Waals surface area contributed by atoms with Crippen LogP contribution in [-0.4, -0.2) is 16.6 Å². The third kappa shape index (κ3) is 1.45. The molecule has 13 heavy (non-hydrogen) atoms. The van der Waals surface area contributed by atoms with E-state index in [1.165, 1.54) is 0 Å². The Hall–Kier alpha value is -0.930. The van der Waals surface area contributed by atoms with E-state index in [9.17, 15) is 5.11 Å². The summed E-state index contributed by atoms with van der Waals surface area (Å²) in [7, 11) is 0. The summed E-state index contributed by atoms with van der Waals surface area (Å²) < 4.78 is 0. The van der Waals surface area contributed by atoms with Gasteiger partial charge in [0.1, 0.15) is 6.10 Å². The number of aromatic nitrogens is 1. The second-order valence-corrected chi connectivity index (χ2v) is 3.72. The van der Waals surface area contributed by atoms with Crippen LogP contribution < -0.4 is 5.73 Å². The average Bonchev–Trinajstić information content (AvgIpc) is 2.99. The second kappa shape index (κ2) is 3.09. The Kier molecular flexibility index (Phi) is 2.06. The fourth-order valence-electron chi connectivity index (χ4n) is 1.60. The van der Waals surface area contributed by atoms with Crippen molar-refractivity contribution in [1.82, 2.24) is 4.98 Å².